The molecule has 4 nitrogen and oxygen atoms in total. The van der Waals surface area contributed by atoms with Crippen LogP contribution in [0.4, 0.5) is 5.69 Å². The highest BCUT2D eigenvalue weighted by Crippen LogP contribution is 2.17. The van der Waals surface area contributed by atoms with E-state index in [-0.39, 0.29) is 5.91 Å². The van der Waals surface area contributed by atoms with Crippen LogP contribution < -0.4 is 10.2 Å². The molecular weight excluding hydrogens is 270 g/mol. The van der Waals surface area contributed by atoms with E-state index in [1.54, 1.807) is 0 Å². The molecule has 0 fully saturated rings. The summed E-state index contributed by atoms with van der Waals surface area (Å²) in [6.45, 7) is 4.31. The van der Waals surface area contributed by atoms with Crippen molar-refractivity contribution in [2.75, 3.05) is 19.0 Å². The van der Waals surface area contributed by atoms with E-state index in [1.807, 2.05) is 57.1 Å². The molecule has 1 amide bonds. The molecular formula is C15H19N3OS. The van der Waals surface area contributed by atoms with Crippen molar-refractivity contribution in [1.29, 1.82) is 0 Å². The summed E-state index contributed by atoms with van der Waals surface area (Å²) in [7, 11) is 4.01. The molecule has 0 saturated heterocycles. The van der Waals surface area contributed by atoms with Gasteiger partial charge in [0.25, 0.3) is 5.91 Å². The number of rotatable bonds is 4. The van der Waals surface area contributed by atoms with Crippen LogP contribution in [0.2, 0.25) is 0 Å². The molecule has 0 aliphatic heterocycles. The molecule has 1 N–H and O–H groups in total. The van der Waals surface area contributed by atoms with Crippen molar-refractivity contribution in [3.63, 3.8) is 0 Å². The number of amides is 1. The zero-order chi connectivity index (χ0) is 14.7. The van der Waals surface area contributed by atoms with Gasteiger partial charge in [0.1, 0.15) is 4.88 Å². The monoisotopic (exact) mass is 289 g/mol. The largest absolute Gasteiger partial charge is 0.378 e. The Bertz CT molecular complexity index is 602. The first kappa shape index (κ1) is 14.5. The van der Waals surface area contributed by atoms with E-state index in [2.05, 4.69) is 10.3 Å². The molecule has 106 valence electrons. The molecule has 1 heterocycles. The lowest BCUT2D eigenvalue weighted by Gasteiger charge is -2.12. The number of benzene rings is 1. The Morgan fingerprint density at radius 1 is 1.25 bits per heavy atom. The third-order valence-corrected chi connectivity index (χ3v) is 4.09. The minimum absolute atomic E-state index is 0.0511. The molecule has 1 aromatic heterocycles. The lowest BCUT2D eigenvalue weighted by Crippen LogP contribution is -2.22. The quantitative estimate of drug-likeness (QED) is 0.941. The number of hydrogen-bond donors (Lipinski definition) is 1. The zero-order valence-electron chi connectivity index (χ0n) is 12.2. The number of aryl methyl sites for hydroxylation is 2. The molecule has 0 aliphatic rings. The van der Waals surface area contributed by atoms with Gasteiger partial charge in [0.2, 0.25) is 0 Å². The third-order valence-electron chi connectivity index (χ3n) is 3.02. The number of carbonyl (C=O) groups excluding carboxylic acids is 1. The lowest BCUT2D eigenvalue weighted by atomic mass is 10.2. The summed E-state index contributed by atoms with van der Waals surface area (Å²) in [4.78, 5) is 19.1. The summed E-state index contributed by atoms with van der Waals surface area (Å²) in [6.07, 6.45) is 0. The fourth-order valence-corrected chi connectivity index (χ4v) is 2.75. The Morgan fingerprint density at radius 3 is 2.40 bits per heavy atom. The second kappa shape index (κ2) is 6.05. The van der Waals surface area contributed by atoms with Crippen LogP contribution >= 0.6 is 11.3 Å². The standard InChI is InChI=1S/C15H19N3OS/c1-10-14(20-11(2)17-10)15(19)16-9-12-5-7-13(8-6-12)18(3)4/h5-8H,9H2,1-4H3,(H,16,19). The second-order valence-electron chi connectivity index (χ2n) is 4.89. The Kier molecular flexibility index (Phi) is 4.39. The maximum Gasteiger partial charge on any atom is 0.263 e. The molecule has 0 unspecified atom stereocenters. The lowest BCUT2D eigenvalue weighted by molar-refractivity contribution is 0.0954. The van der Waals surface area contributed by atoms with Gasteiger partial charge in [0.15, 0.2) is 0 Å². The van der Waals surface area contributed by atoms with E-state index in [0.717, 1.165) is 22.0 Å². The fourth-order valence-electron chi connectivity index (χ4n) is 1.92. The minimum Gasteiger partial charge on any atom is -0.378 e. The number of hydrogen-bond acceptors (Lipinski definition) is 4. The molecule has 0 aliphatic carbocycles. The minimum atomic E-state index is -0.0511. The number of nitrogens with zero attached hydrogens (tertiary/aromatic N) is 2. The van der Waals surface area contributed by atoms with Crippen molar-refractivity contribution in [1.82, 2.24) is 10.3 Å². The van der Waals surface area contributed by atoms with Crippen LogP contribution in [0.15, 0.2) is 24.3 Å². The number of thiazole rings is 1. The van der Waals surface area contributed by atoms with Crippen LogP contribution in [0.25, 0.3) is 0 Å². The van der Waals surface area contributed by atoms with Crippen molar-refractivity contribution in [2.45, 2.75) is 20.4 Å². The van der Waals surface area contributed by atoms with E-state index in [1.165, 1.54) is 11.3 Å². The van der Waals surface area contributed by atoms with E-state index in [0.29, 0.717) is 11.4 Å². The number of anilines is 1. The second-order valence-corrected chi connectivity index (χ2v) is 6.09. The number of nitrogens with one attached hydrogen (secondary N) is 1. The summed E-state index contributed by atoms with van der Waals surface area (Å²) in [5.41, 5.74) is 3.03. The highest BCUT2D eigenvalue weighted by Gasteiger charge is 2.13. The zero-order valence-corrected chi connectivity index (χ0v) is 13.0. The summed E-state index contributed by atoms with van der Waals surface area (Å²) in [5.74, 6) is -0.0511. The van der Waals surface area contributed by atoms with Crippen molar-refractivity contribution in [3.05, 3.63) is 45.4 Å². The van der Waals surface area contributed by atoms with E-state index in [4.69, 9.17) is 0 Å². The van der Waals surface area contributed by atoms with Crippen molar-refractivity contribution in [3.8, 4) is 0 Å². The van der Waals surface area contributed by atoms with Gasteiger partial charge in [0, 0.05) is 26.3 Å². The van der Waals surface area contributed by atoms with Gasteiger partial charge >= 0.3 is 0 Å². The first-order valence-corrected chi connectivity index (χ1v) is 7.27. The Hall–Kier alpha value is -1.88. The van der Waals surface area contributed by atoms with Crippen LogP contribution in [0.3, 0.4) is 0 Å². The third kappa shape index (κ3) is 3.36. The smallest absolute Gasteiger partial charge is 0.263 e. The van der Waals surface area contributed by atoms with Crippen LogP contribution in [-0.4, -0.2) is 25.0 Å². The molecule has 0 radical (unpaired) electrons. The van der Waals surface area contributed by atoms with Crippen LogP contribution in [0, 0.1) is 13.8 Å². The van der Waals surface area contributed by atoms with E-state index >= 15 is 0 Å². The first-order chi connectivity index (χ1) is 9.47. The topological polar surface area (TPSA) is 45.2 Å². The van der Waals surface area contributed by atoms with E-state index in [9.17, 15) is 4.79 Å². The highest BCUT2D eigenvalue weighted by molar-refractivity contribution is 7.13. The van der Waals surface area contributed by atoms with Crippen molar-refractivity contribution >= 4 is 22.9 Å². The molecule has 20 heavy (non-hydrogen) atoms. The van der Waals surface area contributed by atoms with Gasteiger partial charge in [-0.05, 0) is 31.5 Å². The van der Waals surface area contributed by atoms with Crippen LogP contribution in [0.5, 0.6) is 0 Å². The molecule has 1 aromatic carbocycles. The molecule has 0 atom stereocenters. The Balaban J connectivity index is 1.98. The summed E-state index contributed by atoms with van der Waals surface area (Å²) < 4.78 is 0. The van der Waals surface area contributed by atoms with Gasteiger partial charge < -0.3 is 10.2 Å². The van der Waals surface area contributed by atoms with Gasteiger partial charge in [-0.2, -0.15) is 0 Å². The molecule has 5 heteroatoms. The summed E-state index contributed by atoms with van der Waals surface area (Å²) in [6, 6.07) is 8.15. The fraction of sp³-hybridized carbons (Fsp3) is 0.333. The first-order valence-electron chi connectivity index (χ1n) is 6.46. The number of aromatic nitrogens is 1. The summed E-state index contributed by atoms with van der Waals surface area (Å²) in [5, 5.41) is 3.86. The molecule has 2 rings (SSSR count). The van der Waals surface area contributed by atoms with Crippen LogP contribution in [-0.2, 0) is 6.54 Å². The highest BCUT2D eigenvalue weighted by atomic mass is 32.1. The average Bonchev–Trinajstić information content (AvgIpc) is 2.75. The molecule has 0 spiro atoms. The summed E-state index contributed by atoms with van der Waals surface area (Å²) >= 11 is 1.43. The van der Waals surface area contributed by atoms with Crippen LogP contribution in [0.1, 0.15) is 25.9 Å². The maximum atomic E-state index is 12.1. The van der Waals surface area contributed by atoms with Gasteiger partial charge in [-0.3, -0.25) is 4.79 Å². The van der Waals surface area contributed by atoms with E-state index < -0.39 is 0 Å². The molecule has 0 saturated carbocycles. The predicted octanol–water partition coefficient (Wildman–Crippen LogP) is 2.76. The molecule has 2 aromatic rings. The van der Waals surface area contributed by atoms with Gasteiger partial charge in [-0.25, -0.2) is 4.98 Å². The Morgan fingerprint density at radius 2 is 1.90 bits per heavy atom. The molecule has 0 bridgehead atoms. The van der Waals surface area contributed by atoms with Crippen molar-refractivity contribution < 1.29 is 4.79 Å². The van der Waals surface area contributed by atoms with Gasteiger partial charge in [-0.15, -0.1) is 11.3 Å². The van der Waals surface area contributed by atoms with Gasteiger partial charge in [-0.1, -0.05) is 12.1 Å². The normalized spacial score (nSPS) is 10.4. The average molecular weight is 289 g/mol. The number of carbonyl (C=O) groups is 1. The van der Waals surface area contributed by atoms with Crippen molar-refractivity contribution in [2.24, 2.45) is 0 Å². The van der Waals surface area contributed by atoms with Gasteiger partial charge in [0.05, 0.1) is 10.7 Å². The maximum absolute atomic E-state index is 12.1. The Labute approximate surface area is 123 Å². The predicted molar refractivity (Wildman–Crippen MR) is 83.5 cm³/mol. The SMILES string of the molecule is Cc1nc(C)c(C(=O)NCc2ccc(N(C)C)cc2)s1.